The summed E-state index contributed by atoms with van der Waals surface area (Å²) in [6, 6.07) is 10.1. The van der Waals surface area contributed by atoms with Gasteiger partial charge in [-0.05, 0) is 34.5 Å². The molecule has 0 fully saturated rings. The standard InChI is InChI=1S/C14H17BrN2OS/c1-2-8-17-14(12(15)9-16-17)13(18)10-19-11-6-4-3-5-7-11/h3-7,9,13,18H,2,8,10H2,1H3. The van der Waals surface area contributed by atoms with Crippen LogP contribution in [0.2, 0.25) is 0 Å². The number of thioether (sulfide) groups is 1. The molecule has 0 aliphatic heterocycles. The molecule has 1 atom stereocenters. The minimum atomic E-state index is -0.520. The van der Waals surface area contributed by atoms with Crippen molar-refractivity contribution >= 4 is 27.7 Å². The summed E-state index contributed by atoms with van der Waals surface area (Å²) in [6.45, 7) is 2.93. The monoisotopic (exact) mass is 340 g/mol. The van der Waals surface area contributed by atoms with Crippen molar-refractivity contribution in [3.63, 3.8) is 0 Å². The van der Waals surface area contributed by atoms with Crippen LogP contribution in [-0.4, -0.2) is 20.6 Å². The predicted molar refractivity (Wildman–Crippen MR) is 82.3 cm³/mol. The second-order valence-electron chi connectivity index (χ2n) is 4.24. The van der Waals surface area contributed by atoms with Crippen LogP contribution >= 0.6 is 27.7 Å². The lowest BCUT2D eigenvalue weighted by molar-refractivity contribution is 0.190. The Labute approximate surface area is 126 Å². The van der Waals surface area contributed by atoms with Crippen molar-refractivity contribution in [1.82, 2.24) is 9.78 Å². The summed E-state index contributed by atoms with van der Waals surface area (Å²) in [5, 5.41) is 14.6. The van der Waals surface area contributed by atoms with E-state index in [1.807, 2.05) is 22.9 Å². The van der Waals surface area contributed by atoms with E-state index in [0.29, 0.717) is 5.75 Å². The van der Waals surface area contributed by atoms with Gasteiger partial charge >= 0.3 is 0 Å². The van der Waals surface area contributed by atoms with E-state index in [0.717, 1.165) is 23.1 Å². The second-order valence-corrected chi connectivity index (χ2v) is 6.19. The fraction of sp³-hybridized carbons (Fsp3) is 0.357. The van der Waals surface area contributed by atoms with Crippen molar-refractivity contribution in [2.75, 3.05) is 5.75 Å². The Balaban J connectivity index is 2.03. The van der Waals surface area contributed by atoms with E-state index in [-0.39, 0.29) is 0 Å². The van der Waals surface area contributed by atoms with Crippen LogP contribution in [0.5, 0.6) is 0 Å². The van der Waals surface area contributed by atoms with Gasteiger partial charge in [0, 0.05) is 17.2 Å². The maximum atomic E-state index is 10.3. The van der Waals surface area contributed by atoms with Crippen LogP contribution in [0.1, 0.15) is 25.1 Å². The van der Waals surface area contributed by atoms with Gasteiger partial charge in [-0.25, -0.2) is 0 Å². The van der Waals surface area contributed by atoms with Crippen LogP contribution in [0.3, 0.4) is 0 Å². The SMILES string of the molecule is CCCn1ncc(Br)c1C(O)CSc1ccccc1. The molecule has 102 valence electrons. The van der Waals surface area contributed by atoms with E-state index >= 15 is 0 Å². The van der Waals surface area contributed by atoms with Gasteiger partial charge in [-0.15, -0.1) is 11.8 Å². The molecule has 0 aliphatic rings. The number of aliphatic hydroxyl groups excluding tert-OH is 1. The Morgan fingerprint density at radius 1 is 1.37 bits per heavy atom. The van der Waals surface area contributed by atoms with E-state index < -0.39 is 6.10 Å². The molecule has 1 aromatic heterocycles. The number of hydrogen-bond donors (Lipinski definition) is 1. The summed E-state index contributed by atoms with van der Waals surface area (Å²) in [5.74, 6) is 0.623. The van der Waals surface area contributed by atoms with Gasteiger partial charge in [-0.1, -0.05) is 25.1 Å². The van der Waals surface area contributed by atoms with Gasteiger partial charge in [-0.3, -0.25) is 4.68 Å². The molecule has 0 saturated carbocycles. The first kappa shape index (κ1) is 14.6. The molecule has 0 saturated heterocycles. The fourth-order valence-electron chi connectivity index (χ4n) is 1.86. The van der Waals surface area contributed by atoms with Crippen molar-refractivity contribution in [3.05, 3.63) is 46.7 Å². The van der Waals surface area contributed by atoms with E-state index in [2.05, 4.69) is 40.1 Å². The van der Waals surface area contributed by atoms with Crippen LogP contribution < -0.4 is 0 Å². The Bertz CT molecular complexity index is 515. The van der Waals surface area contributed by atoms with Crippen molar-refractivity contribution in [2.45, 2.75) is 30.9 Å². The molecule has 0 aliphatic carbocycles. The molecule has 19 heavy (non-hydrogen) atoms. The zero-order chi connectivity index (χ0) is 13.7. The lowest BCUT2D eigenvalue weighted by Crippen LogP contribution is -2.11. The lowest BCUT2D eigenvalue weighted by atomic mass is 10.3. The van der Waals surface area contributed by atoms with Gasteiger partial charge in [0.05, 0.1) is 16.4 Å². The summed E-state index contributed by atoms with van der Waals surface area (Å²) >= 11 is 5.11. The zero-order valence-corrected chi connectivity index (χ0v) is 13.2. The number of nitrogens with zero attached hydrogens (tertiary/aromatic N) is 2. The minimum absolute atomic E-state index is 0.520. The van der Waals surface area contributed by atoms with Crippen LogP contribution in [0.15, 0.2) is 45.9 Å². The molecule has 3 nitrogen and oxygen atoms in total. The molecule has 0 spiro atoms. The van der Waals surface area contributed by atoms with Gasteiger partial charge in [0.25, 0.3) is 0 Å². The highest BCUT2D eigenvalue weighted by atomic mass is 79.9. The third-order valence-electron chi connectivity index (χ3n) is 2.74. The summed E-state index contributed by atoms with van der Waals surface area (Å²) in [7, 11) is 0. The molecule has 1 unspecified atom stereocenters. The van der Waals surface area contributed by atoms with Crippen molar-refractivity contribution in [3.8, 4) is 0 Å². The van der Waals surface area contributed by atoms with Gasteiger partial charge in [0.1, 0.15) is 6.10 Å². The van der Waals surface area contributed by atoms with Crippen LogP contribution in [0.4, 0.5) is 0 Å². The minimum Gasteiger partial charge on any atom is -0.386 e. The second kappa shape index (κ2) is 7.12. The average Bonchev–Trinajstić information content (AvgIpc) is 2.79. The average molecular weight is 341 g/mol. The number of aliphatic hydroxyl groups is 1. The van der Waals surface area contributed by atoms with Crippen LogP contribution in [0.25, 0.3) is 0 Å². The lowest BCUT2D eigenvalue weighted by Gasteiger charge is -2.13. The summed E-state index contributed by atoms with van der Waals surface area (Å²) in [4.78, 5) is 1.17. The first-order valence-electron chi connectivity index (χ1n) is 6.29. The Morgan fingerprint density at radius 3 is 2.79 bits per heavy atom. The number of hydrogen-bond acceptors (Lipinski definition) is 3. The fourth-order valence-corrected chi connectivity index (χ4v) is 3.28. The first-order chi connectivity index (χ1) is 9.22. The Kier molecular flexibility index (Phi) is 5.48. The Hall–Kier alpha value is -0.780. The predicted octanol–water partition coefficient (Wildman–Crippen LogP) is 3.88. The highest BCUT2D eigenvalue weighted by Gasteiger charge is 2.17. The molecule has 0 bridgehead atoms. The topological polar surface area (TPSA) is 38.0 Å². The third kappa shape index (κ3) is 3.84. The summed E-state index contributed by atoms with van der Waals surface area (Å²) in [6.07, 6.45) is 2.23. The molecule has 0 radical (unpaired) electrons. The molecular formula is C14H17BrN2OS. The normalized spacial score (nSPS) is 12.6. The van der Waals surface area contributed by atoms with Crippen LogP contribution in [-0.2, 0) is 6.54 Å². The quantitative estimate of drug-likeness (QED) is 0.811. The van der Waals surface area contributed by atoms with E-state index in [4.69, 9.17) is 0 Å². The smallest absolute Gasteiger partial charge is 0.106 e. The summed E-state index contributed by atoms with van der Waals surface area (Å²) < 4.78 is 2.75. The summed E-state index contributed by atoms with van der Waals surface area (Å²) in [5.41, 5.74) is 0.866. The first-order valence-corrected chi connectivity index (χ1v) is 8.07. The maximum Gasteiger partial charge on any atom is 0.106 e. The van der Waals surface area contributed by atoms with Crippen molar-refractivity contribution in [1.29, 1.82) is 0 Å². The number of benzene rings is 1. The molecular weight excluding hydrogens is 324 g/mol. The molecule has 1 heterocycles. The number of aryl methyl sites for hydroxylation is 1. The van der Waals surface area contributed by atoms with Gasteiger partial charge in [0.15, 0.2) is 0 Å². The number of rotatable bonds is 6. The van der Waals surface area contributed by atoms with Crippen LogP contribution in [0, 0.1) is 0 Å². The third-order valence-corrected chi connectivity index (χ3v) is 4.43. The zero-order valence-electron chi connectivity index (χ0n) is 10.8. The van der Waals surface area contributed by atoms with E-state index in [9.17, 15) is 5.11 Å². The van der Waals surface area contributed by atoms with Gasteiger partial charge in [0.2, 0.25) is 0 Å². The molecule has 0 amide bonds. The molecule has 5 heteroatoms. The van der Waals surface area contributed by atoms with E-state index in [1.165, 1.54) is 4.90 Å². The molecule has 2 aromatic rings. The maximum absolute atomic E-state index is 10.3. The number of aromatic nitrogens is 2. The van der Waals surface area contributed by atoms with Crippen molar-refractivity contribution in [2.24, 2.45) is 0 Å². The number of halogens is 1. The van der Waals surface area contributed by atoms with Gasteiger partial charge in [-0.2, -0.15) is 5.10 Å². The molecule has 1 N–H and O–H groups in total. The van der Waals surface area contributed by atoms with E-state index in [1.54, 1.807) is 18.0 Å². The Morgan fingerprint density at radius 2 is 2.11 bits per heavy atom. The van der Waals surface area contributed by atoms with Crippen molar-refractivity contribution < 1.29 is 5.11 Å². The molecule has 1 aromatic carbocycles. The molecule has 2 rings (SSSR count). The largest absolute Gasteiger partial charge is 0.386 e. The van der Waals surface area contributed by atoms with Gasteiger partial charge < -0.3 is 5.11 Å². The highest BCUT2D eigenvalue weighted by Crippen LogP contribution is 2.29. The highest BCUT2D eigenvalue weighted by molar-refractivity contribution is 9.10.